The van der Waals surface area contributed by atoms with Crippen LogP contribution in [0.2, 0.25) is 0 Å². The van der Waals surface area contributed by atoms with E-state index in [1.807, 2.05) is 24.3 Å². The third-order valence-electron chi connectivity index (χ3n) is 5.35. The topological polar surface area (TPSA) is 316 Å². The average Bonchev–Trinajstić information content (AvgIpc) is 2.95. The number of carbonyl (C=O) groups excluding carboxylic acids is 2. The van der Waals surface area contributed by atoms with Crippen molar-refractivity contribution >= 4 is 70.7 Å². The second-order valence-electron chi connectivity index (χ2n) is 8.77. The maximum Gasteiger partial charge on any atom is 2.00 e. The molecule has 2 unspecified atom stereocenters. The third-order valence-corrected chi connectivity index (χ3v) is 6.66. The number of hydrogen-bond donors (Lipinski definition) is 2. The summed E-state index contributed by atoms with van der Waals surface area (Å²) in [4.78, 5) is 70.9. The first-order chi connectivity index (χ1) is 20.7. The second kappa shape index (κ2) is 21.3. The number of carboxylic acids is 2. The normalized spacial score (nSPS) is 12.1. The third kappa shape index (κ3) is 15.5. The van der Waals surface area contributed by atoms with Crippen LogP contribution in [0.25, 0.3) is 43.6 Å². The Kier molecular flexibility index (Phi) is 20.6. The van der Waals surface area contributed by atoms with E-state index in [0.717, 1.165) is 43.6 Å². The molecule has 0 amide bonds. The van der Waals surface area contributed by atoms with Crippen molar-refractivity contribution in [1.82, 2.24) is 19.9 Å². The monoisotopic (exact) mass is 798 g/mol. The molecule has 0 fully saturated rings. The predicted molar refractivity (Wildman–Crippen MR) is 161 cm³/mol. The van der Waals surface area contributed by atoms with E-state index < -0.39 is 39.5 Å². The van der Waals surface area contributed by atoms with Crippen LogP contribution in [0.5, 0.6) is 0 Å². The number of fused-ring (bicyclic) bond motifs is 6. The number of benzene rings is 2. The van der Waals surface area contributed by atoms with Gasteiger partial charge in [-0.05, 0) is 24.3 Å². The number of carboxylic acid groups (broad SMARTS) is 2. The van der Waals surface area contributed by atoms with Crippen LogP contribution in [0.15, 0.2) is 97.6 Å². The maximum atomic E-state index is 9.60. The summed E-state index contributed by atoms with van der Waals surface area (Å²) in [7, 11) is -9.27. The second-order valence-corrected chi connectivity index (χ2v) is 11.9. The van der Waals surface area contributed by atoms with E-state index >= 15 is 0 Å². The van der Waals surface area contributed by atoms with Gasteiger partial charge in [0.15, 0.2) is 0 Å². The molecule has 4 heterocycles. The zero-order valence-electron chi connectivity index (χ0n) is 24.1. The molecule has 20 heteroatoms. The first kappa shape index (κ1) is 46.4. The molecule has 6 aromatic rings. The van der Waals surface area contributed by atoms with Crippen molar-refractivity contribution < 1.29 is 93.6 Å². The zero-order chi connectivity index (χ0) is 32.3. The van der Waals surface area contributed by atoms with Gasteiger partial charge in [-0.2, -0.15) is 0 Å². The van der Waals surface area contributed by atoms with E-state index in [-0.39, 0.29) is 45.1 Å². The number of aliphatic carboxylic acids is 2. The minimum atomic E-state index is -4.63. The fraction of sp³-hybridized carbons (Fsp3) is 0.0714. The summed E-state index contributed by atoms with van der Waals surface area (Å²) in [6.45, 7) is 0. The first-order valence-electron chi connectivity index (χ1n) is 12.4. The van der Waals surface area contributed by atoms with Crippen molar-refractivity contribution in [3.8, 4) is 0 Å². The van der Waals surface area contributed by atoms with Gasteiger partial charge in [-0.1, -0.05) is 48.5 Å². The number of hydrogen-bond acceptors (Lipinski definition) is 12. The van der Waals surface area contributed by atoms with E-state index in [9.17, 15) is 38.7 Å². The van der Waals surface area contributed by atoms with Gasteiger partial charge in [0.25, 0.3) is 0 Å². The van der Waals surface area contributed by atoms with Crippen molar-refractivity contribution in [2.24, 2.45) is 0 Å². The Balaban J connectivity index is 0. The summed E-state index contributed by atoms with van der Waals surface area (Å²) in [5, 5.41) is 23.3. The summed E-state index contributed by atoms with van der Waals surface area (Å²) in [6.07, 6.45) is 4.58. The van der Waals surface area contributed by atoms with E-state index in [0.29, 0.717) is 0 Å². The molecule has 2 radical (unpaired) electrons. The molecule has 0 saturated heterocycles. The number of carbonyl (C=O) groups is 2. The molecule has 4 aromatic heterocycles. The van der Waals surface area contributed by atoms with Crippen molar-refractivity contribution in [2.75, 3.05) is 12.3 Å². The predicted octanol–water partition coefficient (Wildman–Crippen LogP) is -1.52. The minimum absolute atomic E-state index is 0. The average molecular weight is 800 g/mol. The van der Waals surface area contributed by atoms with Gasteiger partial charge in [0.2, 0.25) is 0 Å². The van der Waals surface area contributed by atoms with Gasteiger partial charge in [-0.25, -0.2) is 0 Å². The summed E-state index contributed by atoms with van der Waals surface area (Å²) in [6, 6.07) is 24.3. The Morgan fingerprint density at radius 1 is 0.521 bits per heavy atom. The molecular weight excluding hydrogens is 773 g/mol. The summed E-state index contributed by atoms with van der Waals surface area (Å²) >= 11 is 0. The summed E-state index contributed by atoms with van der Waals surface area (Å²) in [5.41, 5.74) is 3.91. The molecule has 0 bridgehead atoms. The fourth-order valence-corrected chi connectivity index (χ4v) is 4.34. The van der Waals surface area contributed by atoms with Gasteiger partial charge in [-0.15, -0.1) is 0 Å². The number of nitrogens with zero attached hydrogens (tertiary/aromatic N) is 4. The molecule has 0 aliphatic heterocycles. The molecule has 0 spiro atoms. The largest absolute Gasteiger partial charge is 2.00 e. The summed E-state index contributed by atoms with van der Waals surface area (Å²) in [5.74, 6) is -3.60. The zero-order valence-corrected chi connectivity index (χ0v) is 27.8. The van der Waals surface area contributed by atoms with Gasteiger partial charge in [-0.3, -0.25) is 19.9 Å². The molecule has 0 aliphatic carbocycles. The van der Waals surface area contributed by atoms with Gasteiger partial charge in [0.1, 0.15) is 15.2 Å². The quantitative estimate of drug-likeness (QED) is 0.116. The van der Waals surface area contributed by atoms with E-state index in [2.05, 4.69) is 68.5 Å². The Labute approximate surface area is 293 Å². The molecule has 2 aromatic carbocycles. The van der Waals surface area contributed by atoms with E-state index in [1.165, 1.54) is 0 Å². The first-order valence-corrected chi connectivity index (χ1v) is 15.9. The number of aromatic nitrogens is 4. The summed E-state index contributed by atoms with van der Waals surface area (Å²) < 4.78 is 19.2. The number of pyridine rings is 4. The molecule has 6 rings (SSSR count). The van der Waals surface area contributed by atoms with Crippen LogP contribution in [0, 0.1) is 0 Å². The SMILES string of the molecule is O.O.O=C([O-])CP(=O)([O-])O.O=C([O-])CP(=O)([O-])O.[Cu+2].[Cu+2].c1cnc2c(c1)ccc1cccnc12.c1cnc2c(c1)ccc1cccnc12. The molecule has 6 N–H and O–H groups in total. The maximum absolute atomic E-state index is 9.60. The van der Waals surface area contributed by atoms with E-state index in [1.54, 1.807) is 24.8 Å². The Bertz CT molecular complexity index is 1780. The molecular formula is C28H26Cu2N4O12P2. The van der Waals surface area contributed by atoms with Crippen LogP contribution in [-0.4, -0.2) is 64.9 Å². The molecule has 262 valence electrons. The number of rotatable bonds is 4. The van der Waals surface area contributed by atoms with Crippen molar-refractivity contribution in [3.05, 3.63) is 97.6 Å². The standard InChI is InChI=1S/2C12H8N2.2C2H5O5P.2Cu.2H2O/c2*1-3-9-5-6-10-4-2-8-14-12(10)11(9)13-7-1;2*3-2(4)1-8(5,6)7;;;;/h2*1-8H;2*1H2,(H,3,4)(H2,5,6,7);;;2*1H2/q;;;;2*+2;;/p-4. The minimum Gasteiger partial charge on any atom is -0.778 e. The van der Waals surface area contributed by atoms with Crippen LogP contribution in [-0.2, 0) is 52.9 Å². The Hall–Kier alpha value is -3.72. The van der Waals surface area contributed by atoms with Crippen molar-refractivity contribution in [1.29, 1.82) is 0 Å². The van der Waals surface area contributed by atoms with Crippen molar-refractivity contribution in [2.45, 2.75) is 0 Å². The Morgan fingerprint density at radius 2 is 0.729 bits per heavy atom. The smallest absolute Gasteiger partial charge is 0.778 e. The van der Waals surface area contributed by atoms with Crippen molar-refractivity contribution in [3.63, 3.8) is 0 Å². The van der Waals surface area contributed by atoms with Gasteiger partial charge < -0.3 is 59.5 Å². The molecule has 16 nitrogen and oxygen atoms in total. The Morgan fingerprint density at radius 3 is 0.875 bits per heavy atom. The van der Waals surface area contributed by atoms with Crippen LogP contribution in [0.1, 0.15) is 0 Å². The van der Waals surface area contributed by atoms with Crippen LogP contribution < -0.4 is 20.0 Å². The van der Waals surface area contributed by atoms with Gasteiger partial charge in [0.05, 0.1) is 34.4 Å². The van der Waals surface area contributed by atoms with Gasteiger partial charge in [0, 0.05) is 58.3 Å². The van der Waals surface area contributed by atoms with E-state index in [4.69, 9.17) is 9.79 Å². The van der Waals surface area contributed by atoms with Gasteiger partial charge >= 0.3 is 34.1 Å². The molecule has 48 heavy (non-hydrogen) atoms. The molecule has 0 saturated carbocycles. The fourth-order valence-electron chi connectivity index (χ4n) is 3.69. The van der Waals surface area contributed by atoms with Crippen LogP contribution in [0.3, 0.4) is 0 Å². The van der Waals surface area contributed by atoms with Crippen LogP contribution in [0.4, 0.5) is 0 Å². The molecule has 0 aliphatic rings. The molecule has 2 atom stereocenters. The van der Waals surface area contributed by atoms with Crippen LogP contribution >= 0.6 is 15.2 Å².